The molecule has 10 heteroatoms. The monoisotopic (exact) mass is 380 g/mol. The molecule has 136 valence electrons. The van der Waals surface area contributed by atoms with Crippen molar-refractivity contribution in [2.45, 2.75) is 13.3 Å². The van der Waals surface area contributed by atoms with Crippen molar-refractivity contribution >= 4 is 32.7 Å². The number of anilines is 1. The van der Waals surface area contributed by atoms with Gasteiger partial charge in [0.15, 0.2) is 11.5 Å². The van der Waals surface area contributed by atoms with E-state index in [1.165, 1.54) is 18.6 Å². The van der Waals surface area contributed by atoms with Gasteiger partial charge in [0, 0.05) is 18.6 Å². The van der Waals surface area contributed by atoms with Gasteiger partial charge >= 0.3 is 0 Å². The van der Waals surface area contributed by atoms with Crippen molar-refractivity contribution in [1.29, 1.82) is 0 Å². The first-order valence-electron chi connectivity index (χ1n) is 7.65. The van der Waals surface area contributed by atoms with Crippen LogP contribution >= 0.6 is 0 Å². The Bertz CT molecular complexity index is 1100. The molecule has 2 N–H and O–H groups in total. The third-order valence-corrected chi connectivity index (χ3v) is 5.08. The topological polar surface area (TPSA) is 105 Å². The smallest absolute Gasteiger partial charge is 0.232 e. The number of ketones is 1. The molecule has 0 atom stereocenters. The Balaban J connectivity index is 2.07. The summed E-state index contributed by atoms with van der Waals surface area (Å²) in [6, 6.07) is 1.77. The maximum Gasteiger partial charge on any atom is 0.232 e. The van der Waals surface area contributed by atoms with E-state index in [2.05, 4.69) is 15.0 Å². The summed E-state index contributed by atoms with van der Waals surface area (Å²) in [7, 11) is -3.80. The van der Waals surface area contributed by atoms with Crippen molar-refractivity contribution in [3.8, 4) is 0 Å². The summed E-state index contributed by atoms with van der Waals surface area (Å²) in [6.45, 7) is 1.65. The van der Waals surface area contributed by atoms with Gasteiger partial charge in [-0.25, -0.2) is 22.2 Å². The Morgan fingerprint density at radius 3 is 2.69 bits per heavy atom. The average molecular weight is 380 g/mol. The molecule has 3 rings (SSSR count). The van der Waals surface area contributed by atoms with Crippen LogP contribution in [0.4, 0.5) is 14.5 Å². The first-order valence-corrected chi connectivity index (χ1v) is 9.30. The fourth-order valence-corrected chi connectivity index (χ4v) is 3.62. The standard InChI is InChI=1S/C16H14F2N4O3S/c1-2-7-26(24,25)22-11-4-3-10(17)12(13(11)18)15(23)9-8-21-16-14(9)19-5-6-20-16/h3-6,8,22H,2,7H2,1H3,(H,20,21). The number of benzene rings is 1. The molecule has 2 aromatic heterocycles. The highest BCUT2D eigenvalue weighted by molar-refractivity contribution is 7.92. The van der Waals surface area contributed by atoms with Crippen LogP contribution in [0.1, 0.15) is 29.3 Å². The zero-order valence-electron chi connectivity index (χ0n) is 13.6. The summed E-state index contributed by atoms with van der Waals surface area (Å²) < 4.78 is 54.6. The first-order chi connectivity index (χ1) is 12.3. The van der Waals surface area contributed by atoms with Gasteiger partial charge in [-0.15, -0.1) is 0 Å². The quantitative estimate of drug-likeness (QED) is 0.640. The number of aromatic nitrogens is 3. The molecule has 2 heterocycles. The molecule has 0 aliphatic carbocycles. The Morgan fingerprint density at radius 1 is 1.23 bits per heavy atom. The lowest BCUT2D eigenvalue weighted by molar-refractivity contribution is 0.103. The summed E-state index contributed by atoms with van der Waals surface area (Å²) in [6.07, 6.45) is 4.31. The van der Waals surface area contributed by atoms with Crippen molar-refractivity contribution in [1.82, 2.24) is 15.0 Å². The highest BCUT2D eigenvalue weighted by Gasteiger charge is 2.26. The molecule has 0 amide bonds. The number of rotatable bonds is 6. The zero-order valence-corrected chi connectivity index (χ0v) is 14.4. The molecule has 0 aliphatic heterocycles. The molecule has 0 unspecified atom stereocenters. The number of carbonyl (C=O) groups excluding carboxylic acids is 1. The fourth-order valence-electron chi connectivity index (χ4n) is 2.48. The zero-order chi connectivity index (χ0) is 18.9. The number of aromatic amines is 1. The summed E-state index contributed by atoms with van der Waals surface area (Å²) in [5, 5.41) is 0. The second-order valence-electron chi connectivity index (χ2n) is 5.49. The van der Waals surface area contributed by atoms with Crippen LogP contribution in [0.3, 0.4) is 0 Å². The van der Waals surface area contributed by atoms with E-state index in [-0.39, 0.29) is 22.5 Å². The number of hydrogen-bond acceptors (Lipinski definition) is 5. The van der Waals surface area contributed by atoms with E-state index in [0.29, 0.717) is 6.42 Å². The molecule has 0 saturated heterocycles. The highest BCUT2D eigenvalue weighted by Crippen LogP contribution is 2.26. The minimum absolute atomic E-state index is 0.0699. The van der Waals surface area contributed by atoms with Crippen molar-refractivity contribution in [3.05, 3.63) is 53.5 Å². The number of nitrogens with one attached hydrogen (secondary N) is 2. The van der Waals surface area contributed by atoms with Crippen molar-refractivity contribution < 1.29 is 22.0 Å². The lowest BCUT2D eigenvalue weighted by Gasteiger charge is -2.11. The van der Waals surface area contributed by atoms with Crippen LogP contribution in [-0.2, 0) is 10.0 Å². The van der Waals surface area contributed by atoms with E-state index in [1.54, 1.807) is 6.92 Å². The minimum atomic E-state index is -3.80. The third kappa shape index (κ3) is 3.27. The Hall–Kier alpha value is -2.88. The molecule has 7 nitrogen and oxygen atoms in total. The van der Waals surface area contributed by atoms with Crippen LogP contribution in [0.15, 0.2) is 30.7 Å². The number of carbonyl (C=O) groups is 1. The minimum Gasteiger partial charge on any atom is -0.344 e. The van der Waals surface area contributed by atoms with Crippen LogP contribution in [0.25, 0.3) is 11.2 Å². The lowest BCUT2D eigenvalue weighted by Crippen LogP contribution is -2.18. The molecule has 0 saturated carbocycles. The number of hydrogen-bond donors (Lipinski definition) is 2. The molecule has 0 aliphatic rings. The largest absolute Gasteiger partial charge is 0.344 e. The number of halogens is 2. The van der Waals surface area contributed by atoms with E-state index >= 15 is 0 Å². The Kier molecular flexibility index (Phi) is 4.68. The van der Waals surface area contributed by atoms with Gasteiger partial charge in [-0.2, -0.15) is 0 Å². The van der Waals surface area contributed by atoms with Gasteiger partial charge in [-0.05, 0) is 18.6 Å². The molecule has 0 radical (unpaired) electrons. The van der Waals surface area contributed by atoms with Crippen LogP contribution in [0, 0.1) is 11.6 Å². The Labute approximate surface area is 147 Å². The molecular weight excluding hydrogens is 366 g/mol. The maximum atomic E-state index is 14.7. The van der Waals surface area contributed by atoms with Gasteiger partial charge in [-0.3, -0.25) is 14.5 Å². The number of fused-ring (bicyclic) bond motifs is 1. The van der Waals surface area contributed by atoms with E-state index in [9.17, 15) is 22.0 Å². The summed E-state index contributed by atoms with van der Waals surface area (Å²) in [4.78, 5) is 23.3. The summed E-state index contributed by atoms with van der Waals surface area (Å²) >= 11 is 0. The highest BCUT2D eigenvalue weighted by atomic mass is 32.2. The van der Waals surface area contributed by atoms with Gasteiger partial charge in [0.1, 0.15) is 11.3 Å². The van der Waals surface area contributed by atoms with Crippen LogP contribution in [0.2, 0.25) is 0 Å². The summed E-state index contributed by atoms with van der Waals surface area (Å²) in [5.74, 6) is -3.59. The predicted molar refractivity (Wildman–Crippen MR) is 91.4 cm³/mol. The van der Waals surface area contributed by atoms with Gasteiger partial charge in [-0.1, -0.05) is 6.92 Å². The van der Waals surface area contributed by atoms with E-state index in [0.717, 1.165) is 12.1 Å². The molecule has 0 fully saturated rings. The fraction of sp³-hybridized carbons (Fsp3) is 0.188. The van der Waals surface area contributed by atoms with Crippen molar-refractivity contribution in [2.24, 2.45) is 0 Å². The van der Waals surface area contributed by atoms with Gasteiger partial charge in [0.05, 0.1) is 22.6 Å². The molecule has 0 bridgehead atoms. The normalized spacial score (nSPS) is 11.7. The van der Waals surface area contributed by atoms with Gasteiger partial charge < -0.3 is 4.98 Å². The van der Waals surface area contributed by atoms with E-state index in [4.69, 9.17) is 0 Å². The molecule has 3 aromatic rings. The van der Waals surface area contributed by atoms with Gasteiger partial charge in [0.25, 0.3) is 0 Å². The third-order valence-electron chi connectivity index (χ3n) is 3.61. The first kappa shape index (κ1) is 17.9. The molecule has 26 heavy (non-hydrogen) atoms. The molecule has 0 spiro atoms. The van der Waals surface area contributed by atoms with Crippen molar-refractivity contribution in [2.75, 3.05) is 10.5 Å². The lowest BCUT2D eigenvalue weighted by atomic mass is 10.0. The van der Waals surface area contributed by atoms with Crippen LogP contribution < -0.4 is 4.72 Å². The second-order valence-corrected chi connectivity index (χ2v) is 7.33. The summed E-state index contributed by atoms with van der Waals surface area (Å²) in [5.41, 5.74) is -0.980. The number of nitrogens with zero attached hydrogens (tertiary/aromatic N) is 2. The maximum absolute atomic E-state index is 14.7. The van der Waals surface area contributed by atoms with Crippen LogP contribution in [-0.4, -0.2) is 34.9 Å². The second kappa shape index (κ2) is 6.79. The predicted octanol–water partition coefficient (Wildman–Crippen LogP) is 2.62. The van der Waals surface area contributed by atoms with E-state index < -0.39 is 38.7 Å². The van der Waals surface area contributed by atoms with E-state index in [1.807, 2.05) is 4.72 Å². The molecule has 1 aromatic carbocycles. The van der Waals surface area contributed by atoms with Gasteiger partial charge in [0.2, 0.25) is 15.8 Å². The molecular formula is C16H14F2N4O3S. The number of sulfonamides is 1. The number of H-pyrrole nitrogens is 1. The van der Waals surface area contributed by atoms with Crippen molar-refractivity contribution in [3.63, 3.8) is 0 Å². The Morgan fingerprint density at radius 2 is 1.96 bits per heavy atom. The van der Waals surface area contributed by atoms with Crippen LogP contribution in [0.5, 0.6) is 0 Å². The average Bonchev–Trinajstić information content (AvgIpc) is 3.01. The SMILES string of the molecule is CCCS(=O)(=O)Nc1ccc(F)c(C(=O)c2c[nH]c3nccnc23)c1F.